The van der Waals surface area contributed by atoms with Gasteiger partial charge in [0.1, 0.15) is 0 Å². The van der Waals surface area contributed by atoms with Crippen LogP contribution in [0.5, 0.6) is 0 Å². The molecule has 0 aliphatic rings. The number of nitrogens with two attached hydrogens (primary N) is 1. The maximum Gasteiger partial charge on any atom is 0.0377 e. The second-order valence-electron chi connectivity index (χ2n) is 4.36. The minimum absolute atomic E-state index is 0.0670. The quantitative estimate of drug-likeness (QED) is 0.914. The summed E-state index contributed by atoms with van der Waals surface area (Å²) in [7, 11) is 2.13. The molecule has 3 heteroatoms. The van der Waals surface area contributed by atoms with Crippen molar-refractivity contribution in [2.24, 2.45) is 5.73 Å². The molecule has 0 bridgehead atoms. The van der Waals surface area contributed by atoms with Gasteiger partial charge in [-0.25, -0.2) is 0 Å². The van der Waals surface area contributed by atoms with Crippen molar-refractivity contribution in [3.8, 4) is 0 Å². The van der Waals surface area contributed by atoms with Gasteiger partial charge in [-0.3, -0.25) is 0 Å². The molecule has 0 aromatic heterocycles. The number of benzene rings is 1. The first-order chi connectivity index (χ1) is 7.47. The van der Waals surface area contributed by atoms with Gasteiger partial charge in [0.25, 0.3) is 0 Å². The predicted octanol–water partition coefficient (Wildman–Crippen LogP) is 3.70. The fraction of sp³-hybridized carbons (Fsp3) is 0.538. The Morgan fingerprint density at radius 1 is 1.38 bits per heavy atom. The van der Waals surface area contributed by atoms with Crippen molar-refractivity contribution in [1.29, 1.82) is 0 Å². The van der Waals surface area contributed by atoms with Gasteiger partial charge < -0.3 is 10.6 Å². The molecular weight excluding hydrogens is 264 g/mol. The van der Waals surface area contributed by atoms with Crippen LogP contribution in [0.3, 0.4) is 0 Å². The molecule has 1 aromatic carbocycles. The van der Waals surface area contributed by atoms with Crippen LogP contribution >= 0.6 is 15.9 Å². The van der Waals surface area contributed by atoms with Crippen LogP contribution in [0.4, 0.5) is 5.69 Å². The number of hydrogen-bond donors (Lipinski definition) is 1. The first kappa shape index (κ1) is 13.5. The zero-order chi connectivity index (χ0) is 12.3. The van der Waals surface area contributed by atoms with Crippen LogP contribution < -0.4 is 10.6 Å². The molecule has 0 aliphatic heterocycles. The molecule has 1 aromatic rings. The van der Waals surface area contributed by atoms with E-state index in [0.29, 0.717) is 6.04 Å². The van der Waals surface area contributed by atoms with Gasteiger partial charge in [-0.1, -0.05) is 28.9 Å². The number of rotatable bonds is 4. The minimum Gasteiger partial charge on any atom is -0.372 e. The first-order valence-electron chi connectivity index (χ1n) is 5.75. The molecule has 0 aliphatic carbocycles. The van der Waals surface area contributed by atoms with E-state index in [1.165, 1.54) is 5.69 Å². The average Bonchev–Trinajstić information content (AvgIpc) is 2.26. The highest BCUT2D eigenvalue weighted by atomic mass is 79.9. The first-order valence-corrected chi connectivity index (χ1v) is 6.54. The molecule has 90 valence electrons. The van der Waals surface area contributed by atoms with Gasteiger partial charge in [0.15, 0.2) is 0 Å². The molecule has 0 spiro atoms. The maximum absolute atomic E-state index is 5.88. The van der Waals surface area contributed by atoms with Crippen molar-refractivity contribution in [2.75, 3.05) is 11.9 Å². The summed E-state index contributed by atoms with van der Waals surface area (Å²) in [6, 6.07) is 6.99. The van der Waals surface area contributed by atoms with E-state index in [9.17, 15) is 0 Å². The Labute approximate surface area is 107 Å². The molecule has 0 saturated carbocycles. The summed E-state index contributed by atoms with van der Waals surface area (Å²) >= 11 is 3.58. The van der Waals surface area contributed by atoms with Crippen molar-refractivity contribution in [2.45, 2.75) is 39.3 Å². The molecule has 0 fully saturated rings. The van der Waals surface area contributed by atoms with E-state index in [2.05, 4.69) is 59.9 Å². The molecule has 2 N–H and O–H groups in total. The molecule has 0 radical (unpaired) electrons. The highest BCUT2D eigenvalue weighted by molar-refractivity contribution is 9.10. The van der Waals surface area contributed by atoms with E-state index in [-0.39, 0.29) is 6.04 Å². The number of nitrogens with zero attached hydrogens (tertiary/aromatic N) is 1. The third kappa shape index (κ3) is 2.98. The van der Waals surface area contributed by atoms with Gasteiger partial charge >= 0.3 is 0 Å². The summed E-state index contributed by atoms with van der Waals surface area (Å²) in [5.41, 5.74) is 8.26. The molecule has 0 amide bonds. The third-order valence-corrected chi connectivity index (χ3v) is 3.82. The molecule has 2 atom stereocenters. The monoisotopic (exact) mass is 284 g/mol. The molecule has 2 unspecified atom stereocenters. The SMILES string of the molecule is CCC(C)N(C)c1ccc(C(C)N)c(Br)c1. The summed E-state index contributed by atoms with van der Waals surface area (Å²) in [4.78, 5) is 2.29. The minimum atomic E-state index is 0.0670. The van der Waals surface area contributed by atoms with E-state index in [4.69, 9.17) is 5.73 Å². The van der Waals surface area contributed by atoms with E-state index in [1.807, 2.05) is 6.92 Å². The van der Waals surface area contributed by atoms with Gasteiger partial charge in [-0.05, 0) is 38.0 Å². The lowest BCUT2D eigenvalue weighted by Gasteiger charge is -2.26. The van der Waals surface area contributed by atoms with Crippen LogP contribution in [0.1, 0.15) is 38.8 Å². The Morgan fingerprint density at radius 3 is 2.44 bits per heavy atom. The van der Waals surface area contributed by atoms with Crippen LogP contribution in [-0.4, -0.2) is 13.1 Å². The number of hydrogen-bond acceptors (Lipinski definition) is 2. The zero-order valence-corrected chi connectivity index (χ0v) is 12.1. The molecule has 0 saturated heterocycles. The summed E-state index contributed by atoms with van der Waals surface area (Å²) in [6.45, 7) is 6.43. The summed E-state index contributed by atoms with van der Waals surface area (Å²) in [5.74, 6) is 0. The van der Waals surface area contributed by atoms with Crippen LogP contribution in [0.15, 0.2) is 22.7 Å². The molecular formula is C13H21BrN2. The highest BCUT2D eigenvalue weighted by Gasteiger charge is 2.11. The Hall–Kier alpha value is -0.540. The maximum atomic E-state index is 5.88. The molecule has 2 nitrogen and oxygen atoms in total. The van der Waals surface area contributed by atoms with Gasteiger partial charge in [0, 0.05) is 29.3 Å². The van der Waals surface area contributed by atoms with Crippen molar-refractivity contribution >= 4 is 21.6 Å². The second-order valence-corrected chi connectivity index (χ2v) is 5.22. The lowest BCUT2D eigenvalue weighted by atomic mass is 10.1. The number of halogens is 1. The highest BCUT2D eigenvalue weighted by Crippen LogP contribution is 2.27. The average molecular weight is 285 g/mol. The van der Waals surface area contributed by atoms with Crippen molar-refractivity contribution in [3.63, 3.8) is 0 Å². The molecule has 0 heterocycles. The summed E-state index contributed by atoms with van der Waals surface area (Å²) < 4.78 is 1.09. The van der Waals surface area contributed by atoms with Gasteiger partial charge in [0.05, 0.1) is 0 Å². The van der Waals surface area contributed by atoms with E-state index < -0.39 is 0 Å². The Bertz CT molecular complexity index is 350. The Kier molecular flexibility index (Phi) is 4.81. The lowest BCUT2D eigenvalue weighted by molar-refractivity contribution is 0.663. The standard InChI is InChI=1S/C13H21BrN2/c1-5-9(2)16(4)11-6-7-12(10(3)15)13(14)8-11/h6-10H,5,15H2,1-4H3. The van der Waals surface area contributed by atoms with Crippen LogP contribution in [0.25, 0.3) is 0 Å². The topological polar surface area (TPSA) is 29.3 Å². The van der Waals surface area contributed by atoms with E-state index in [0.717, 1.165) is 16.5 Å². The van der Waals surface area contributed by atoms with Crippen LogP contribution in [0, 0.1) is 0 Å². The normalized spacial score (nSPS) is 14.6. The Balaban J connectivity index is 2.97. The van der Waals surface area contributed by atoms with E-state index in [1.54, 1.807) is 0 Å². The van der Waals surface area contributed by atoms with Crippen molar-refractivity contribution < 1.29 is 0 Å². The van der Waals surface area contributed by atoms with Crippen molar-refractivity contribution in [3.05, 3.63) is 28.2 Å². The molecule has 16 heavy (non-hydrogen) atoms. The van der Waals surface area contributed by atoms with Gasteiger partial charge in [-0.15, -0.1) is 0 Å². The largest absolute Gasteiger partial charge is 0.372 e. The second kappa shape index (κ2) is 5.69. The van der Waals surface area contributed by atoms with E-state index >= 15 is 0 Å². The Morgan fingerprint density at radius 2 is 2.00 bits per heavy atom. The third-order valence-electron chi connectivity index (χ3n) is 3.13. The number of anilines is 1. The van der Waals surface area contributed by atoms with Gasteiger partial charge in [-0.2, -0.15) is 0 Å². The van der Waals surface area contributed by atoms with Crippen molar-refractivity contribution in [1.82, 2.24) is 0 Å². The zero-order valence-electron chi connectivity index (χ0n) is 10.5. The predicted molar refractivity (Wildman–Crippen MR) is 74.9 cm³/mol. The van der Waals surface area contributed by atoms with Crippen LogP contribution in [-0.2, 0) is 0 Å². The fourth-order valence-electron chi connectivity index (χ4n) is 1.63. The molecule has 1 rings (SSSR count). The lowest BCUT2D eigenvalue weighted by Crippen LogP contribution is -2.27. The summed E-state index contributed by atoms with van der Waals surface area (Å²) in [6.07, 6.45) is 1.14. The fourth-order valence-corrected chi connectivity index (χ4v) is 2.36. The van der Waals surface area contributed by atoms with Crippen LogP contribution in [0.2, 0.25) is 0 Å². The summed E-state index contributed by atoms with van der Waals surface area (Å²) in [5, 5.41) is 0. The smallest absolute Gasteiger partial charge is 0.0377 e. The van der Waals surface area contributed by atoms with Gasteiger partial charge in [0.2, 0.25) is 0 Å².